The number of amides is 2. The van der Waals surface area contributed by atoms with Crippen LogP contribution in [-0.4, -0.2) is 100 Å². The number of hydrogen-bond donors (Lipinski definition) is 1. The summed E-state index contributed by atoms with van der Waals surface area (Å²) in [6.07, 6.45) is 0.886. The van der Waals surface area contributed by atoms with Gasteiger partial charge in [0.1, 0.15) is 40.6 Å². The number of esters is 1. The van der Waals surface area contributed by atoms with Crippen molar-refractivity contribution in [3.8, 4) is 23.0 Å². The Bertz CT molecular complexity index is 3140. The number of carbonyl (C=O) groups is 6. The summed E-state index contributed by atoms with van der Waals surface area (Å²) in [4.78, 5) is 84.4. The fourth-order valence-corrected chi connectivity index (χ4v) is 10.4. The average molecular weight is 1100 g/mol. The lowest BCUT2D eigenvalue weighted by molar-refractivity contribution is -0.157. The minimum absolute atomic E-state index is 0.0115. The van der Waals surface area contributed by atoms with Crippen LogP contribution in [0.2, 0.25) is 0 Å². The first-order chi connectivity index (χ1) is 37.3. The van der Waals surface area contributed by atoms with Gasteiger partial charge in [-0.1, -0.05) is 84.6 Å². The minimum atomic E-state index is -1.60. The molecular weight excluding hydrogens is 1040 g/mol. The number of hydrogen-bond acceptors (Lipinski definition) is 13. The maximum atomic E-state index is 16.0. The molecule has 0 radical (unpaired) electrons. The highest BCUT2D eigenvalue weighted by molar-refractivity contribution is 7.99. The Morgan fingerprint density at radius 1 is 0.551 bits per heavy atom. The second-order valence-electron chi connectivity index (χ2n) is 20.0. The zero-order chi connectivity index (χ0) is 55.7. The molecule has 2 saturated heterocycles. The van der Waals surface area contributed by atoms with Crippen molar-refractivity contribution in [1.29, 1.82) is 0 Å². The summed E-state index contributed by atoms with van der Waals surface area (Å²) in [5.74, 6) is -5.33. The Hall–Kier alpha value is -7.70. The smallest absolute Gasteiger partial charge is 0.415 e. The van der Waals surface area contributed by atoms with Crippen LogP contribution >= 0.6 is 23.5 Å². The number of ketones is 2. The minimum Gasteiger partial charge on any atom is -0.478 e. The van der Waals surface area contributed by atoms with E-state index in [1.54, 1.807) is 121 Å². The van der Waals surface area contributed by atoms with E-state index in [-0.39, 0.29) is 73.6 Å². The van der Waals surface area contributed by atoms with E-state index in [1.807, 2.05) is 18.4 Å². The van der Waals surface area contributed by atoms with Crippen molar-refractivity contribution in [1.82, 2.24) is 9.80 Å². The van der Waals surface area contributed by atoms with Crippen LogP contribution in [0.3, 0.4) is 0 Å². The maximum Gasteiger partial charge on any atom is 0.415 e. The second kappa shape index (κ2) is 24.7. The molecule has 0 aromatic heterocycles. The molecule has 2 amide bonds. The molecule has 18 heteroatoms. The number of benzene rings is 6. The lowest BCUT2D eigenvalue weighted by Gasteiger charge is -2.24. The predicted molar refractivity (Wildman–Crippen MR) is 289 cm³/mol. The lowest BCUT2D eigenvalue weighted by atomic mass is 9.84. The number of carboxylic acids is 1. The number of Topliss-reactive ketones (excluding diaryl/α,β-unsaturated/α-hetero) is 2. The van der Waals surface area contributed by atoms with E-state index in [1.165, 1.54) is 67.5 Å². The third-order valence-corrected chi connectivity index (χ3v) is 15.2. The van der Waals surface area contributed by atoms with Gasteiger partial charge < -0.3 is 38.6 Å². The van der Waals surface area contributed by atoms with Gasteiger partial charge in [0.15, 0.2) is 22.8 Å². The molecule has 8 rings (SSSR count). The number of carbonyl (C=O) groups excluding carboxylic acids is 5. The second-order valence-corrected chi connectivity index (χ2v) is 21.9. The number of rotatable bonds is 20. The molecule has 2 aliphatic rings. The van der Waals surface area contributed by atoms with Crippen LogP contribution in [0.4, 0.5) is 18.4 Å². The number of carboxylic acid groups (broad SMARTS) is 1. The fourth-order valence-electron chi connectivity index (χ4n) is 9.33. The summed E-state index contributed by atoms with van der Waals surface area (Å²) in [5, 5.41) is 9.47. The SMILES string of the molecule is CSc1ccc(C(=O)[C@H]2CN(C(=O)Oc3ccccc3)C[C@@H]2Cc2ccc(OC(C)(C)C(=O)OCSc3ccc(C(=O)[C@@H]4CN(C(=O)Oc5ccccc5)C[C@H]4Cc4ccc(OC(C)(C)C(=O)O)cc4F)cc3)cc2F)cc1. The molecule has 406 valence electrons. The number of aliphatic carboxylic acids is 1. The van der Waals surface area contributed by atoms with Crippen LogP contribution in [0.5, 0.6) is 23.0 Å². The van der Waals surface area contributed by atoms with Crippen molar-refractivity contribution in [2.75, 3.05) is 38.4 Å². The Morgan fingerprint density at radius 2 is 0.974 bits per heavy atom. The Labute approximate surface area is 459 Å². The van der Waals surface area contributed by atoms with Gasteiger partial charge in [-0.25, -0.2) is 28.0 Å². The standard InChI is InChI=1S/C60H58F2N2O12S2/c1-59(2,55(67)68)75-45-22-16-39(51(61)30-45)28-42-33-64(58(71)74-44-14-10-7-11-15-44)35-50(42)54(66)38-20-26-48(27-21-38)78-36-72-56(69)60(3,4)76-46-23-17-40(52(62)31-46)29-41-32-63(57(70)73-43-12-8-6-9-13-43)34-49(41)53(65)37-18-24-47(77-5)25-19-37/h6-27,30-31,41-42,49-50H,28-29,32-36H2,1-5H3,(H,67,68)/t41-,42+,49-,50+/m0/s1. The molecule has 2 heterocycles. The molecule has 4 atom stereocenters. The molecule has 0 spiro atoms. The molecule has 6 aromatic carbocycles. The van der Waals surface area contributed by atoms with E-state index < -0.39 is 70.6 Å². The van der Waals surface area contributed by atoms with Crippen LogP contribution in [0.25, 0.3) is 0 Å². The predicted octanol–water partition coefficient (Wildman–Crippen LogP) is 11.7. The van der Waals surface area contributed by atoms with Crippen LogP contribution in [0, 0.1) is 35.3 Å². The Morgan fingerprint density at radius 3 is 1.38 bits per heavy atom. The molecule has 1 N–H and O–H groups in total. The molecule has 0 saturated carbocycles. The summed E-state index contributed by atoms with van der Waals surface area (Å²) in [5.41, 5.74) is -1.76. The molecule has 6 aromatic rings. The number of para-hydroxylation sites is 2. The van der Waals surface area contributed by atoms with Crippen molar-refractivity contribution < 1.29 is 66.3 Å². The van der Waals surface area contributed by atoms with E-state index in [0.29, 0.717) is 33.1 Å². The van der Waals surface area contributed by atoms with E-state index in [0.717, 1.165) is 11.0 Å². The molecule has 2 aliphatic heterocycles. The van der Waals surface area contributed by atoms with E-state index in [2.05, 4.69) is 0 Å². The summed E-state index contributed by atoms with van der Waals surface area (Å²) < 4.78 is 59.8. The number of ether oxygens (including phenoxy) is 5. The van der Waals surface area contributed by atoms with Crippen molar-refractivity contribution in [3.05, 3.63) is 179 Å². The third kappa shape index (κ3) is 14.1. The average Bonchev–Trinajstić information content (AvgIpc) is 4.11. The zero-order valence-electron chi connectivity index (χ0n) is 43.5. The van der Waals surface area contributed by atoms with Gasteiger partial charge >= 0.3 is 24.1 Å². The van der Waals surface area contributed by atoms with Gasteiger partial charge in [0, 0.05) is 71.1 Å². The van der Waals surface area contributed by atoms with Gasteiger partial charge in [-0.15, -0.1) is 11.8 Å². The first-order valence-electron chi connectivity index (χ1n) is 25.1. The largest absolute Gasteiger partial charge is 0.478 e. The van der Waals surface area contributed by atoms with E-state index in [4.69, 9.17) is 23.7 Å². The summed E-state index contributed by atoms with van der Waals surface area (Å²) in [6.45, 7) is 6.05. The van der Waals surface area contributed by atoms with Gasteiger partial charge in [0.25, 0.3) is 0 Å². The number of halogens is 2. The van der Waals surface area contributed by atoms with Crippen LogP contribution in [0.15, 0.2) is 155 Å². The van der Waals surface area contributed by atoms with Crippen LogP contribution in [-0.2, 0) is 27.2 Å². The highest BCUT2D eigenvalue weighted by atomic mass is 32.2. The molecule has 14 nitrogen and oxygen atoms in total. The summed E-state index contributed by atoms with van der Waals surface area (Å²) in [7, 11) is 0. The molecule has 0 bridgehead atoms. The topological polar surface area (TPSA) is 175 Å². The number of likely N-dealkylation sites (tertiary alicyclic amines) is 2. The van der Waals surface area contributed by atoms with E-state index >= 15 is 8.78 Å². The van der Waals surface area contributed by atoms with Gasteiger partial charge in [-0.3, -0.25) is 9.59 Å². The lowest BCUT2D eigenvalue weighted by Crippen LogP contribution is -2.39. The Kier molecular flexibility index (Phi) is 17.9. The van der Waals surface area contributed by atoms with Crippen molar-refractivity contribution >= 4 is 59.2 Å². The molecular formula is C60H58F2N2O12S2. The van der Waals surface area contributed by atoms with Gasteiger partial charge in [0.05, 0.1) is 0 Å². The first-order valence-corrected chi connectivity index (χ1v) is 27.3. The van der Waals surface area contributed by atoms with Crippen molar-refractivity contribution in [2.24, 2.45) is 23.7 Å². The molecule has 0 aliphatic carbocycles. The monoisotopic (exact) mass is 1100 g/mol. The van der Waals surface area contributed by atoms with Crippen LogP contribution < -0.4 is 18.9 Å². The molecule has 78 heavy (non-hydrogen) atoms. The highest BCUT2D eigenvalue weighted by Gasteiger charge is 2.43. The molecule has 0 unspecified atom stereocenters. The van der Waals surface area contributed by atoms with Crippen molar-refractivity contribution in [3.63, 3.8) is 0 Å². The normalized spacial score (nSPS) is 17.3. The van der Waals surface area contributed by atoms with Crippen molar-refractivity contribution in [2.45, 2.75) is 61.5 Å². The molecule has 2 fully saturated rings. The summed E-state index contributed by atoms with van der Waals surface area (Å²) in [6, 6.07) is 39.3. The fraction of sp³-hybridized carbons (Fsp3) is 0.300. The van der Waals surface area contributed by atoms with Crippen LogP contribution in [0.1, 0.15) is 59.5 Å². The first kappa shape index (κ1) is 56.5. The number of thioether (sulfide) groups is 2. The van der Waals surface area contributed by atoms with Gasteiger partial charge in [-0.05, 0) is 130 Å². The van der Waals surface area contributed by atoms with E-state index in [9.17, 15) is 33.9 Å². The Balaban J connectivity index is 0.870. The summed E-state index contributed by atoms with van der Waals surface area (Å²) >= 11 is 2.73. The zero-order valence-corrected chi connectivity index (χ0v) is 45.2. The highest BCUT2D eigenvalue weighted by Crippen LogP contribution is 2.36. The maximum absolute atomic E-state index is 16.0. The quantitative estimate of drug-likeness (QED) is 0.0331. The van der Waals surface area contributed by atoms with Gasteiger partial charge in [0.2, 0.25) is 0 Å². The van der Waals surface area contributed by atoms with Gasteiger partial charge in [-0.2, -0.15) is 0 Å². The third-order valence-electron chi connectivity index (χ3n) is 13.7. The number of nitrogens with zero attached hydrogens (tertiary/aromatic N) is 2.